The van der Waals surface area contributed by atoms with E-state index in [1.54, 1.807) is 6.07 Å². The molecule has 0 amide bonds. The fraction of sp³-hybridized carbons (Fsp3) is 0.143. The summed E-state index contributed by atoms with van der Waals surface area (Å²) in [5, 5.41) is 0. The summed E-state index contributed by atoms with van der Waals surface area (Å²) in [5.41, 5.74) is 2.90. The summed E-state index contributed by atoms with van der Waals surface area (Å²) in [6, 6.07) is 22.4. The Morgan fingerprint density at radius 2 is 1.42 bits per heavy atom. The Kier molecular flexibility index (Phi) is 5.49. The van der Waals surface area contributed by atoms with Crippen molar-refractivity contribution < 1.29 is 12.8 Å². The summed E-state index contributed by atoms with van der Waals surface area (Å²) in [6.07, 6.45) is 0. The predicted octanol–water partition coefficient (Wildman–Crippen LogP) is 4.34. The number of rotatable bonds is 6. The SMILES string of the molecule is Cc1ccc([C@@H](NS(=O)(=O)Cc2ccccc2F)c2ccccc2)cc1. The first-order valence-corrected chi connectivity index (χ1v) is 9.95. The highest BCUT2D eigenvalue weighted by molar-refractivity contribution is 7.88. The van der Waals surface area contributed by atoms with Crippen molar-refractivity contribution in [2.24, 2.45) is 0 Å². The van der Waals surface area contributed by atoms with E-state index < -0.39 is 27.6 Å². The molecule has 0 aliphatic carbocycles. The molecule has 3 aromatic rings. The summed E-state index contributed by atoms with van der Waals surface area (Å²) < 4.78 is 42.0. The van der Waals surface area contributed by atoms with E-state index in [-0.39, 0.29) is 5.56 Å². The van der Waals surface area contributed by atoms with Crippen LogP contribution in [0.1, 0.15) is 28.3 Å². The van der Waals surface area contributed by atoms with E-state index in [2.05, 4.69) is 4.72 Å². The maximum absolute atomic E-state index is 13.9. The topological polar surface area (TPSA) is 46.2 Å². The summed E-state index contributed by atoms with van der Waals surface area (Å²) in [5.74, 6) is -0.932. The molecule has 3 nitrogen and oxygen atoms in total. The van der Waals surface area contributed by atoms with Crippen molar-refractivity contribution in [3.05, 3.63) is 107 Å². The molecule has 26 heavy (non-hydrogen) atoms. The number of aryl methyl sites for hydroxylation is 1. The van der Waals surface area contributed by atoms with Crippen LogP contribution in [0.15, 0.2) is 78.9 Å². The van der Waals surface area contributed by atoms with E-state index in [9.17, 15) is 12.8 Å². The van der Waals surface area contributed by atoms with Gasteiger partial charge in [0, 0.05) is 5.56 Å². The Bertz CT molecular complexity index is 970. The average molecular weight is 369 g/mol. The van der Waals surface area contributed by atoms with Crippen molar-refractivity contribution in [1.29, 1.82) is 0 Å². The number of nitrogens with one attached hydrogen (secondary N) is 1. The molecule has 0 aliphatic heterocycles. The molecule has 0 fully saturated rings. The summed E-state index contributed by atoms with van der Waals surface area (Å²) in [6.45, 7) is 1.98. The molecular formula is C21H20FNO2S. The molecule has 134 valence electrons. The fourth-order valence-electron chi connectivity index (χ4n) is 2.77. The third kappa shape index (κ3) is 4.56. The van der Waals surface area contributed by atoms with Crippen molar-refractivity contribution in [3.63, 3.8) is 0 Å². The predicted molar refractivity (Wildman–Crippen MR) is 102 cm³/mol. The fourth-order valence-corrected chi connectivity index (χ4v) is 4.13. The third-order valence-corrected chi connectivity index (χ3v) is 5.43. The number of sulfonamides is 1. The summed E-state index contributed by atoms with van der Waals surface area (Å²) in [7, 11) is -3.75. The lowest BCUT2D eigenvalue weighted by atomic mass is 9.99. The van der Waals surface area contributed by atoms with Gasteiger partial charge in [0.05, 0.1) is 11.8 Å². The smallest absolute Gasteiger partial charge is 0.212 e. The minimum Gasteiger partial charge on any atom is -0.212 e. The van der Waals surface area contributed by atoms with Gasteiger partial charge in [-0.15, -0.1) is 0 Å². The summed E-state index contributed by atoms with van der Waals surface area (Å²) in [4.78, 5) is 0. The van der Waals surface area contributed by atoms with Crippen molar-refractivity contribution in [1.82, 2.24) is 4.72 Å². The summed E-state index contributed by atoms with van der Waals surface area (Å²) >= 11 is 0. The van der Waals surface area contributed by atoms with Gasteiger partial charge in [-0.2, -0.15) is 0 Å². The van der Waals surface area contributed by atoms with Crippen molar-refractivity contribution >= 4 is 10.0 Å². The lowest BCUT2D eigenvalue weighted by Gasteiger charge is -2.20. The molecule has 5 heteroatoms. The lowest BCUT2D eigenvalue weighted by molar-refractivity contribution is 0.566. The Balaban J connectivity index is 1.92. The van der Waals surface area contributed by atoms with Crippen molar-refractivity contribution in [2.45, 2.75) is 18.7 Å². The molecule has 0 aliphatic rings. The van der Waals surface area contributed by atoms with Crippen LogP contribution in [0.5, 0.6) is 0 Å². The number of hydrogen-bond donors (Lipinski definition) is 1. The minimum atomic E-state index is -3.75. The van der Waals surface area contributed by atoms with E-state index in [1.807, 2.05) is 61.5 Å². The molecule has 1 N–H and O–H groups in total. The first-order chi connectivity index (χ1) is 12.4. The van der Waals surface area contributed by atoms with E-state index in [4.69, 9.17) is 0 Å². The van der Waals surface area contributed by atoms with Crippen LogP contribution in [0.3, 0.4) is 0 Å². The first kappa shape index (κ1) is 18.3. The second kappa shape index (κ2) is 7.81. The molecule has 3 rings (SSSR count). The van der Waals surface area contributed by atoms with Crippen LogP contribution in [-0.4, -0.2) is 8.42 Å². The second-order valence-electron chi connectivity index (χ2n) is 6.22. The van der Waals surface area contributed by atoms with Crippen LogP contribution < -0.4 is 4.72 Å². The minimum absolute atomic E-state index is 0.149. The van der Waals surface area contributed by atoms with Crippen molar-refractivity contribution in [3.8, 4) is 0 Å². The van der Waals surface area contributed by atoms with Crippen LogP contribution in [0.25, 0.3) is 0 Å². The highest BCUT2D eigenvalue weighted by atomic mass is 32.2. The third-order valence-electron chi connectivity index (χ3n) is 4.14. The Labute approximate surface area is 153 Å². The van der Waals surface area contributed by atoms with E-state index in [0.717, 1.165) is 16.7 Å². The van der Waals surface area contributed by atoms with E-state index in [0.29, 0.717) is 0 Å². The van der Waals surface area contributed by atoms with Gasteiger partial charge in [-0.1, -0.05) is 78.4 Å². The van der Waals surface area contributed by atoms with Crippen LogP contribution in [0.2, 0.25) is 0 Å². The Morgan fingerprint density at radius 1 is 0.846 bits per heavy atom. The molecule has 0 saturated heterocycles. The Hall–Kier alpha value is -2.50. The van der Waals surface area contributed by atoms with Gasteiger partial charge in [0.2, 0.25) is 10.0 Å². The zero-order valence-electron chi connectivity index (χ0n) is 14.4. The molecule has 0 saturated carbocycles. The first-order valence-electron chi connectivity index (χ1n) is 8.29. The van der Waals surface area contributed by atoms with Gasteiger partial charge in [0.1, 0.15) is 5.82 Å². The maximum atomic E-state index is 13.9. The number of hydrogen-bond acceptors (Lipinski definition) is 2. The van der Waals surface area contributed by atoms with Gasteiger partial charge in [-0.3, -0.25) is 0 Å². The quantitative estimate of drug-likeness (QED) is 0.702. The zero-order valence-corrected chi connectivity index (χ0v) is 15.2. The van der Waals surface area contributed by atoms with Crippen molar-refractivity contribution in [2.75, 3.05) is 0 Å². The number of benzene rings is 3. The van der Waals surface area contributed by atoms with Gasteiger partial charge in [0.15, 0.2) is 0 Å². The molecular weight excluding hydrogens is 349 g/mol. The highest BCUT2D eigenvalue weighted by Crippen LogP contribution is 2.24. The standard InChI is InChI=1S/C21H20FNO2S/c1-16-11-13-18(14-12-16)21(17-7-3-2-4-8-17)23-26(24,25)15-19-9-5-6-10-20(19)22/h2-14,21,23H,15H2,1H3/t21-/m0/s1. The maximum Gasteiger partial charge on any atom is 0.216 e. The second-order valence-corrected chi connectivity index (χ2v) is 7.98. The van der Waals surface area contributed by atoms with Gasteiger partial charge in [-0.25, -0.2) is 17.5 Å². The van der Waals surface area contributed by atoms with Gasteiger partial charge < -0.3 is 0 Å². The number of halogens is 1. The molecule has 0 unspecified atom stereocenters. The molecule has 3 aromatic carbocycles. The largest absolute Gasteiger partial charge is 0.216 e. The van der Waals surface area contributed by atoms with Gasteiger partial charge in [-0.05, 0) is 24.1 Å². The molecule has 1 atom stereocenters. The van der Waals surface area contributed by atoms with Crippen LogP contribution in [0, 0.1) is 12.7 Å². The average Bonchev–Trinajstić information content (AvgIpc) is 2.63. The van der Waals surface area contributed by atoms with Crippen LogP contribution in [-0.2, 0) is 15.8 Å². The van der Waals surface area contributed by atoms with E-state index >= 15 is 0 Å². The molecule has 0 heterocycles. The van der Waals surface area contributed by atoms with Gasteiger partial charge in [0.25, 0.3) is 0 Å². The Morgan fingerprint density at radius 3 is 2.08 bits per heavy atom. The molecule has 0 spiro atoms. The molecule has 0 radical (unpaired) electrons. The highest BCUT2D eigenvalue weighted by Gasteiger charge is 2.22. The lowest BCUT2D eigenvalue weighted by Crippen LogP contribution is -2.30. The van der Waals surface area contributed by atoms with Crippen LogP contribution >= 0.6 is 0 Å². The monoisotopic (exact) mass is 369 g/mol. The normalized spacial score (nSPS) is 12.7. The molecule has 0 aromatic heterocycles. The molecule has 0 bridgehead atoms. The van der Waals surface area contributed by atoms with Gasteiger partial charge >= 0.3 is 0 Å². The van der Waals surface area contributed by atoms with E-state index in [1.165, 1.54) is 18.2 Å². The zero-order chi connectivity index (χ0) is 18.6. The van der Waals surface area contributed by atoms with Crippen LogP contribution in [0.4, 0.5) is 4.39 Å².